The van der Waals surface area contributed by atoms with E-state index >= 15 is 0 Å². The van der Waals surface area contributed by atoms with Crippen molar-refractivity contribution in [3.8, 4) is 11.8 Å². The number of carbonyl (C=O) groups is 2. The molecule has 2 heterocycles. The van der Waals surface area contributed by atoms with Gasteiger partial charge in [-0.05, 0) is 33.6 Å². The van der Waals surface area contributed by atoms with Crippen LogP contribution in [0.3, 0.4) is 0 Å². The zero-order valence-electron chi connectivity index (χ0n) is 12.8. The summed E-state index contributed by atoms with van der Waals surface area (Å²) >= 11 is 0. The van der Waals surface area contributed by atoms with E-state index in [9.17, 15) is 19.8 Å². The Kier molecular flexibility index (Phi) is 4.20. The molecule has 1 aliphatic heterocycles. The molecule has 0 aromatic carbocycles. The molecule has 8 nitrogen and oxygen atoms in total. The molecular weight excluding hydrogens is 292 g/mol. The fraction of sp³-hybridized carbons (Fsp3) is 0.571. The molecule has 1 amide bonds. The van der Waals surface area contributed by atoms with Gasteiger partial charge in [0.1, 0.15) is 11.6 Å². The van der Waals surface area contributed by atoms with Crippen molar-refractivity contribution < 1.29 is 29.4 Å². The van der Waals surface area contributed by atoms with Gasteiger partial charge >= 0.3 is 12.1 Å². The third-order valence-corrected chi connectivity index (χ3v) is 3.13. The molecule has 1 aromatic rings. The maximum atomic E-state index is 12.2. The molecule has 0 unspecified atom stereocenters. The highest BCUT2D eigenvalue weighted by molar-refractivity contribution is 5.82. The number of hydrogen-bond donors (Lipinski definition) is 2. The van der Waals surface area contributed by atoms with Gasteiger partial charge in [0.2, 0.25) is 11.8 Å². The van der Waals surface area contributed by atoms with E-state index < -0.39 is 35.5 Å². The van der Waals surface area contributed by atoms with Gasteiger partial charge in [0.25, 0.3) is 0 Å². The SMILES string of the molecule is CC(C)(C)OC(=O)N1CCC[C@@H]1C(=O)On1c(O)ccc1O. The van der Waals surface area contributed by atoms with E-state index in [1.165, 1.54) is 17.0 Å². The molecule has 0 bridgehead atoms. The van der Waals surface area contributed by atoms with Gasteiger partial charge in [-0.15, -0.1) is 4.73 Å². The third kappa shape index (κ3) is 3.44. The van der Waals surface area contributed by atoms with Gasteiger partial charge in [-0.25, -0.2) is 9.59 Å². The van der Waals surface area contributed by atoms with Crippen LogP contribution in [0.2, 0.25) is 0 Å². The van der Waals surface area contributed by atoms with Crippen molar-refractivity contribution in [3.05, 3.63) is 12.1 Å². The summed E-state index contributed by atoms with van der Waals surface area (Å²) in [5.74, 6) is -1.56. The minimum Gasteiger partial charge on any atom is -0.492 e. The average molecular weight is 312 g/mol. The lowest BCUT2D eigenvalue weighted by Crippen LogP contribution is -2.46. The number of likely N-dealkylation sites (tertiary alicyclic amines) is 1. The highest BCUT2D eigenvalue weighted by Crippen LogP contribution is 2.23. The van der Waals surface area contributed by atoms with E-state index in [2.05, 4.69) is 0 Å². The van der Waals surface area contributed by atoms with E-state index in [1.54, 1.807) is 20.8 Å². The fourth-order valence-electron chi connectivity index (χ4n) is 2.20. The minimum atomic E-state index is -0.809. The van der Waals surface area contributed by atoms with Gasteiger partial charge in [0, 0.05) is 18.7 Å². The average Bonchev–Trinajstić information content (AvgIpc) is 2.98. The normalized spacial score (nSPS) is 18.3. The van der Waals surface area contributed by atoms with Crippen LogP contribution in [0, 0.1) is 0 Å². The topological polar surface area (TPSA) is 101 Å². The van der Waals surface area contributed by atoms with Crippen LogP contribution >= 0.6 is 0 Å². The summed E-state index contributed by atoms with van der Waals surface area (Å²) in [6.45, 7) is 5.61. The van der Waals surface area contributed by atoms with Crippen molar-refractivity contribution in [1.29, 1.82) is 0 Å². The highest BCUT2D eigenvalue weighted by Gasteiger charge is 2.38. The van der Waals surface area contributed by atoms with Gasteiger partial charge in [-0.3, -0.25) is 4.90 Å². The van der Waals surface area contributed by atoms with Crippen molar-refractivity contribution in [2.75, 3.05) is 6.54 Å². The van der Waals surface area contributed by atoms with Crippen molar-refractivity contribution in [2.45, 2.75) is 45.3 Å². The number of rotatable bonds is 2. The smallest absolute Gasteiger partial charge is 0.411 e. The van der Waals surface area contributed by atoms with E-state index in [0.717, 1.165) is 0 Å². The zero-order chi connectivity index (χ0) is 16.5. The van der Waals surface area contributed by atoms with Crippen molar-refractivity contribution in [1.82, 2.24) is 9.63 Å². The molecule has 122 valence electrons. The molecule has 2 rings (SSSR count). The molecular formula is C14H20N2O6. The van der Waals surface area contributed by atoms with Crippen LogP contribution in [0.1, 0.15) is 33.6 Å². The molecule has 1 atom stereocenters. The number of nitrogens with zero attached hydrogens (tertiary/aromatic N) is 2. The predicted molar refractivity (Wildman–Crippen MR) is 75.3 cm³/mol. The Labute approximate surface area is 127 Å². The van der Waals surface area contributed by atoms with Crippen molar-refractivity contribution in [2.24, 2.45) is 0 Å². The Hall–Kier alpha value is -2.38. The molecule has 2 N–H and O–H groups in total. The van der Waals surface area contributed by atoms with E-state index in [1.807, 2.05) is 0 Å². The molecule has 1 saturated heterocycles. The molecule has 0 spiro atoms. The van der Waals surface area contributed by atoms with Crippen LogP contribution in [0.25, 0.3) is 0 Å². The summed E-state index contributed by atoms with van der Waals surface area (Å²) in [6, 6.07) is 1.56. The second kappa shape index (κ2) is 5.78. The van der Waals surface area contributed by atoms with Crippen molar-refractivity contribution in [3.63, 3.8) is 0 Å². The van der Waals surface area contributed by atoms with Gasteiger partial charge in [0.05, 0.1) is 0 Å². The van der Waals surface area contributed by atoms with Crippen LogP contribution in [0.15, 0.2) is 12.1 Å². The molecule has 0 radical (unpaired) electrons. The van der Waals surface area contributed by atoms with Crippen LogP contribution in [0.5, 0.6) is 11.8 Å². The first-order chi connectivity index (χ1) is 10.2. The quantitative estimate of drug-likeness (QED) is 0.852. The van der Waals surface area contributed by atoms with Crippen molar-refractivity contribution >= 4 is 12.1 Å². The van der Waals surface area contributed by atoms with Gasteiger partial charge in [0.15, 0.2) is 0 Å². The number of hydrogen-bond acceptors (Lipinski definition) is 6. The van der Waals surface area contributed by atoms with Crippen LogP contribution in [-0.2, 0) is 9.53 Å². The minimum absolute atomic E-state index is 0.387. The highest BCUT2D eigenvalue weighted by atomic mass is 16.7. The van der Waals surface area contributed by atoms with Gasteiger partial charge < -0.3 is 19.8 Å². The Morgan fingerprint density at radius 2 is 1.82 bits per heavy atom. The maximum absolute atomic E-state index is 12.2. The summed E-state index contributed by atoms with van der Waals surface area (Å²) in [6.07, 6.45) is 0.483. The van der Waals surface area contributed by atoms with Crippen LogP contribution in [0.4, 0.5) is 4.79 Å². The second-order valence-corrected chi connectivity index (χ2v) is 6.09. The first-order valence-corrected chi connectivity index (χ1v) is 7.00. The molecule has 1 aliphatic rings. The number of amides is 1. The molecule has 0 aliphatic carbocycles. The number of aromatic hydroxyl groups is 2. The Balaban J connectivity index is 2.07. The fourth-order valence-corrected chi connectivity index (χ4v) is 2.20. The molecule has 8 heteroatoms. The van der Waals surface area contributed by atoms with E-state index in [0.29, 0.717) is 24.1 Å². The maximum Gasteiger partial charge on any atom is 0.411 e. The number of carbonyl (C=O) groups excluding carboxylic acids is 2. The van der Waals surface area contributed by atoms with Crippen LogP contribution < -0.4 is 4.84 Å². The number of aromatic nitrogens is 1. The Bertz CT molecular complexity index is 555. The second-order valence-electron chi connectivity index (χ2n) is 6.09. The Morgan fingerprint density at radius 3 is 2.36 bits per heavy atom. The number of ether oxygens (including phenoxy) is 1. The summed E-state index contributed by atoms with van der Waals surface area (Å²) < 4.78 is 5.86. The molecule has 0 saturated carbocycles. The standard InChI is InChI=1S/C14H20N2O6/c1-14(2,3)21-13(20)15-8-4-5-9(15)12(19)22-16-10(17)6-7-11(16)18/h6-7,9,17-18H,4-5,8H2,1-3H3/t9-/m1/s1. The summed E-state index contributed by atoms with van der Waals surface area (Å²) in [4.78, 5) is 30.5. The molecule has 22 heavy (non-hydrogen) atoms. The molecule has 1 aromatic heterocycles. The van der Waals surface area contributed by atoms with E-state index in [-0.39, 0.29) is 0 Å². The van der Waals surface area contributed by atoms with Crippen LogP contribution in [-0.4, -0.2) is 50.1 Å². The first-order valence-electron chi connectivity index (χ1n) is 7.00. The lowest BCUT2D eigenvalue weighted by molar-refractivity contribution is -0.150. The van der Waals surface area contributed by atoms with Gasteiger partial charge in [-0.1, -0.05) is 0 Å². The lowest BCUT2D eigenvalue weighted by Gasteiger charge is -2.27. The summed E-state index contributed by atoms with van der Waals surface area (Å²) in [5.41, 5.74) is -0.662. The Morgan fingerprint density at radius 1 is 1.23 bits per heavy atom. The largest absolute Gasteiger partial charge is 0.492 e. The monoisotopic (exact) mass is 312 g/mol. The third-order valence-electron chi connectivity index (χ3n) is 3.13. The first kappa shape index (κ1) is 16.0. The summed E-state index contributed by atoms with van der Waals surface area (Å²) in [5, 5.41) is 18.9. The lowest BCUT2D eigenvalue weighted by atomic mass is 10.2. The molecule has 1 fully saturated rings. The van der Waals surface area contributed by atoms with Gasteiger partial charge in [-0.2, -0.15) is 0 Å². The van der Waals surface area contributed by atoms with E-state index in [4.69, 9.17) is 9.57 Å². The summed E-state index contributed by atoms with van der Waals surface area (Å²) in [7, 11) is 0. The zero-order valence-corrected chi connectivity index (χ0v) is 12.8. The predicted octanol–water partition coefficient (Wildman–Crippen LogP) is 1.25.